The number of hydrogen-bond donors (Lipinski definition) is 1. The van der Waals surface area contributed by atoms with Crippen LogP contribution < -0.4 is 0 Å². The summed E-state index contributed by atoms with van der Waals surface area (Å²) >= 11 is 0. The van der Waals surface area contributed by atoms with Crippen molar-refractivity contribution < 1.29 is 9.84 Å². The number of imidazole rings is 1. The second-order valence-electron chi connectivity index (χ2n) is 5.17. The zero-order valence-corrected chi connectivity index (χ0v) is 10.8. The van der Waals surface area contributed by atoms with Crippen molar-refractivity contribution in [2.24, 2.45) is 7.05 Å². The molecule has 1 saturated heterocycles. The Morgan fingerprint density at radius 3 is 2.83 bits per heavy atom. The van der Waals surface area contributed by atoms with Gasteiger partial charge in [0.1, 0.15) is 5.82 Å². The van der Waals surface area contributed by atoms with Crippen LogP contribution in [0.4, 0.5) is 0 Å². The molecule has 0 bridgehead atoms. The largest absolute Gasteiger partial charge is 0.396 e. The minimum absolute atomic E-state index is 0.00559. The number of aliphatic hydroxyl groups excluding tert-OH is 1. The Morgan fingerprint density at radius 2 is 2.22 bits per heavy atom. The number of hydrogen-bond acceptors (Lipinski definition) is 3. The molecule has 1 aromatic heterocycles. The molecule has 1 aliphatic heterocycles. The third kappa shape index (κ3) is 1.56. The van der Waals surface area contributed by atoms with Gasteiger partial charge in [-0.3, -0.25) is 0 Å². The molecule has 0 atom stereocenters. The molecule has 1 N–H and O–H groups in total. The number of aliphatic hydroxyl groups is 1. The van der Waals surface area contributed by atoms with Gasteiger partial charge in [0.2, 0.25) is 0 Å². The maximum absolute atomic E-state index is 9.21. The van der Waals surface area contributed by atoms with Gasteiger partial charge >= 0.3 is 0 Å². The van der Waals surface area contributed by atoms with Gasteiger partial charge < -0.3 is 14.4 Å². The summed E-state index contributed by atoms with van der Waals surface area (Å²) in [6.07, 6.45) is 0.754. The molecule has 4 nitrogen and oxygen atoms in total. The van der Waals surface area contributed by atoms with E-state index < -0.39 is 0 Å². The molecule has 1 aliphatic rings. The van der Waals surface area contributed by atoms with Gasteiger partial charge in [0, 0.05) is 19.1 Å². The van der Waals surface area contributed by atoms with Crippen LogP contribution in [0.1, 0.15) is 17.8 Å². The summed E-state index contributed by atoms with van der Waals surface area (Å²) in [6, 6.07) is 6.39. The van der Waals surface area contributed by atoms with Crippen molar-refractivity contribution in [1.29, 1.82) is 0 Å². The Kier molecular flexibility index (Phi) is 2.64. The molecule has 0 radical (unpaired) electrons. The first-order chi connectivity index (χ1) is 8.66. The van der Waals surface area contributed by atoms with Crippen LogP contribution in [0.25, 0.3) is 11.0 Å². The molecular weight excluding hydrogens is 228 g/mol. The van der Waals surface area contributed by atoms with E-state index in [1.54, 1.807) is 0 Å². The third-order valence-electron chi connectivity index (χ3n) is 4.06. The fourth-order valence-electron chi connectivity index (χ4n) is 2.67. The number of ether oxygens (including phenoxy) is 1. The van der Waals surface area contributed by atoms with Crippen molar-refractivity contribution in [3.8, 4) is 0 Å². The van der Waals surface area contributed by atoms with E-state index in [2.05, 4.69) is 27.8 Å². The summed E-state index contributed by atoms with van der Waals surface area (Å²) in [5.74, 6) is 1.02. The van der Waals surface area contributed by atoms with E-state index in [1.807, 2.05) is 14.0 Å². The highest BCUT2D eigenvalue weighted by Gasteiger charge is 2.39. The topological polar surface area (TPSA) is 47.3 Å². The first-order valence-corrected chi connectivity index (χ1v) is 6.28. The molecule has 0 amide bonds. The minimum Gasteiger partial charge on any atom is -0.396 e. The Morgan fingerprint density at radius 1 is 1.44 bits per heavy atom. The molecule has 3 rings (SSSR count). The van der Waals surface area contributed by atoms with E-state index in [9.17, 15) is 5.11 Å². The van der Waals surface area contributed by atoms with Crippen molar-refractivity contribution in [2.45, 2.75) is 18.8 Å². The van der Waals surface area contributed by atoms with E-state index in [0.29, 0.717) is 13.2 Å². The Hall–Kier alpha value is -1.39. The summed E-state index contributed by atoms with van der Waals surface area (Å²) < 4.78 is 7.44. The summed E-state index contributed by atoms with van der Waals surface area (Å²) in [6.45, 7) is 3.61. The van der Waals surface area contributed by atoms with E-state index in [1.165, 1.54) is 5.56 Å². The van der Waals surface area contributed by atoms with E-state index in [-0.39, 0.29) is 12.0 Å². The van der Waals surface area contributed by atoms with Crippen molar-refractivity contribution >= 4 is 11.0 Å². The SMILES string of the molecule is Cc1nc2cc(C3(CCO)COC3)ccc2n1C. The summed E-state index contributed by atoms with van der Waals surface area (Å²) in [4.78, 5) is 4.57. The normalized spacial score (nSPS) is 17.9. The van der Waals surface area contributed by atoms with Crippen molar-refractivity contribution in [1.82, 2.24) is 9.55 Å². The van der Waals surface area contributed by atoms with Crippen LogP contribution in [0, 0.1) is 6.92 Å². The molecular formula is C14H18N2O2. The fraction of sp³-hybridized carbons (Fsp3) is 0.500. The average Bonchev–Trinajstić information content (AvgIpc) is 2.59. The van der Waals surface area contributed by atoms with Gasteiger partial charge in [0.15, 0.2) is 0 Å². The standard InChI is InChI=1S/C14H18N2O2/c1-10-15-12-7-11(3-4-13(12)16(10)2)14(5-6-17)8-18-9-14/h3-4,7,17H,5-6,8-9H2,1-2H3. The zero-order valence-electron chi connectivity index (χ0n) is 10.8. The lowest BCUT2D eigenvalue weighted by Gasteiger charge is -2.41. The van der Waals surface area contributed by atoms with Crippen LogP contribution >= 0.6 is 0 Å². The third-order valence-corrected chi connectivity index (χ3v) is 4.06. The molecule has 1 aromatic carbocycles. The summed E-state index contributed by atoms with van der Waals surface area (Å²) in [7, 11) is 2.03. The Bertz CT molecular complexity index is 585. The number of aryl methyl sites for hydroxylation is 2. The van der Waals surface area contributed by atoms with Crippen molar-refractivity contribution in [2.75, 3.05) is 19.8 Å². The molecule has 2 aromatic rings. The first-order valence-electron chi connectivity index (χ1n) is 6.28. The van der Waals surface area contributed by atoms with E-state index in [4.69, 9.17) is 4.74 Å². The molecule has 96 valence electrons. The number of fused-ring (bicyclic) bond motifs is 1. The maximum atomic E-state index is 9.21. The van der Waals surface area contributed by atoms with E-state index in [0.717, 1.165) is 23.3 Å². The van der Waals surface area contributed by atoms with Crippen molar-refractivity contribution in [3.63, 3.8) is 0 Å². The van der Waals surface area contributed by atoms with Gasteiger partial charge in [0.05, 0.1) is 24.2 Å². The highest BCUT2D eigenvalue weighted by Crippen LogP contribution is 2.36. The van der Waals surface area contributed by atoms with Crippen LogP contribution in [0.15, 0.2) is 18.2 Å². The molecule has 0 saturated carbocycles. The lowest BCUT2D eigenvalue weighted by Crippen LogP contribution is -2.47. The Labute approximate surface area is 106 Å². The monoisotopic (exact) mass is 246 g/mol. The second kappa shape index (κ2) is 4.07. The smallest absolute Gasteiger partial charge is 0.106 e. The number of rotatable bonds is 3. The van der Waals surface area contributed by atoms with Crippen LogP contribution in [-0.2, 0) is 17.2 Å². The number of aromatic nitrogens is 2. The highest BCUT2D eigenvalue weighted by atomic mass is 16.5. The van der Waals surface area contributed by atoms with Gasteiger partial charge in [-0.15, -0.1) is 0 Å². The zero-order chi connectivity index (χ0) is 12.8. The fourth-order valence-corrected chi connectivity index (χ4v) is 2.67. The average molecular weight is 246 g/mol. The number of nitrogens with zero attached hydrogens (tertiary/aromatic N) is 2. The molecule has 0 spiro atoms. The second-order valence-corrected chi connectivity index (χ2v) is 5.17. The predicted molar refractivity (Wildman–Crippen MR) is 69.7 cm³/mol. The van der Waals surface area contributed by atoms with Crippen LogP contribution in [0.5, 0.6) is 0 Å². The first kappa shape index (κ1) is 11.7. The minimum atomic E-state index is -0.00559. The molecule has 2 heterocycles. The van der Waals surface area contributed by atoms with Gasteiger partial charge in [-0.05, 0) is 31.0 Å². The summed E-state index contributed by atoms with van der Waals surface area (Å²) in [5, 5.41) is 9.21. The van der Waals surface area contributed by atoms with Gasteiger partial charge in [0.25, 0.3) is 0 Å². The molecule has 18 heavy (non-hydrogen) atoms. The van der Waals surface area contributed by atoms with Gasteiger partial charge in [-0.25, -0.2) is 4.98 Å². The number of benzene rings is 1. The van der Waals surface area contributed by atoms with Crippen LogP contribution in [0.3, 0.4) is 0 Å². The van der Waals surface area contributed by atoms with Gasteiger partial charge in [-0.1, -0.05) is 6.07 Å². The lowest BCUT2D eigenvalue weighted by molar-refractivity contribution is -0.0700. The summed E-state index contributed by atoms with van der Waals surface area (Å²) in [5.41, 5.74) is 3.40. The highest BCUT2D eigenvalue weighted by molar-refractivity contribution is 5.77. The van der Waals surface area contributed by atoms with Crippen LogP contribution in [-0.4, -0.2) is 34.5 Å². The quantitative estimate of drug-likeness (QED) is 0.893. The van der Waals surface area contributed by atoms with E-state index >= 15 is 0 Å². The molecule has 1 fully saturated rings. The lowest BCUT2D eigenvalue weighted by atomic mass is 9.76. The van der Waals surface area contributed by atoms with Crippen molar-refractivity contribution in [3.05, 3.63) is 29.6 Å². The van der Waals surface area contributed by atoms with Crippen LogP contribution in [0.2, 0.25) is 0 Å². The Balaban J connectivity index is 2.07. The maximum Gasteiger partial charge on any atom is 0.106 e. The molecule has 4 heteroatoms. The molecule has 0 unspecified atom stereocenters. The predicted octanol–water partition coefficient (Wildman–Crippen LogP) is 1.53. The molecule has 0 aliphatic carbocycles. The van der Waals surface area contributed by atoms with Gasteiger partial charge in [-0.2, -0.15) is 0 Å².